The van der Waals surface area contributed by atoms with Crippen LogP contribution in [0.3, 0.4) is 0 Å². The molecule has 2 atom stereocenters. The van der Waals surface area contributed by atoms with Crippen LogP contribution in [-0.2, 0) is 0 Å². The summed E-state index contributed by atoms with van der Waals surface area (Å²) in [6, 6.07) is 23.0. The number of aliphatic hydroxyl groups is 1. The summed E-state index contributed by atoms with van der Waals surface area (Å²) in [5.74, 6) is 1.47. The number of carbonyl (C=O) groups excluding carboxylic acids is 1. The van der Waals surface area contributed by atoms with Crippen molar-refractivity contribution >= 4 is 5.78 Å². The number of ketones is 1. The van der Waals surface area contributed by atoms with Gasteiger partial charge in [-0.3, -0.25) is 4.79 Å². The Morgan fingerprint density at radius 1 is 0.933 bits per heavy atom. The van der Waals surface area contributed by atoms with Crippen LogP contribution < -0.4 is 22.5 Å². The quantitative estimate of drug-likeness (QED) is 0.433. The Bertz CT molecular complexity index is 914. The molecule has 0 aliphatic carbocycles. The maximum absolute atomic E-state index is 12.4. The van der Waals surface area contributed by atoms with E-state index in [1.807, 2.05) is 42.6 Å². The van der Waals surface area contributed by atoms with Crippen LogP contribution in [0.25, 0.3) is 0 Å². The van der Waals surface area contributed by atoms with Crippen molar-refractivity contribution in [3.8, 4) is 17.2 Å². The number of halogens is 1. The van der Waals surface area contributed by atoms with Crippen molar-refractivity contribution in [3.05, 3.63) is 90.0 Å². The van der Waals surface area contributed by atoms with E-state index in [0.717, 1.165) is 5.56 Å². The molecule has 2 unspecified atom stereocenters. The van der Waals surface area contributed by atoms with E-state index in [0.29, 0.717) is 30.0 Å². The number of benzene rings is 3. The SMILES string of the molecule is CC([NH2+]CCC(=O)c1ccc(Oc2ccc(O)cc2)cc1)C(O)c1ccccc1.[Cl-]. The summed E-state index contributed by atoms with van der Waals surface area (Å²) < 4.78 is 5.69. The number of rotatable bonds is 9. The predicted octanol–water partition coefficient (Wildman–Crippen LogP) is 0.447. The molecule has 30 heavy (non-hydrogen) atoms. The number of ether oxygens (including phenoxy) is 1. The molecule has 0 spiro atoms. The second-order valence-corrected chi connectivity index (χ2v) is 7.03. The first kappa shape index (κ1) is 23.4. The number of nitrogens with two attached hydrogens (primary N) is 1. The van der Waals surface area contributed by atoms with Gasteiger partial charge in [-0.2, -0.15) is 0 Å². The van der Waals surface area contributed by atoms with Gasteiger partial charge in [0.2, 0.25) is 0 Å². The van der Waals surface area contributed by atoms with E-state index in [1.165, 1.54) is 0 Å². The van der Waals surface area contributed by atoms with Crippen molar-refractivity contribution in [2.75, 3.05) is 6.54 Å². The van der Waals surface area contributed by atoms with E-state index in [4.69, 9.17) is 4.74 Å². The molecule has 3 aromatic carbocycles. The number of quaternary nitrogens is 1. The Hall–Kier alpha value is -2.86. The van der Waals surface area contributed by atoms with E-state index in [9.17, 15) is 15.0 Å². The number of phenolic OH excluding ortho intramolecular Hbond substituents is 1. The molecule has 3 aromatic rings. The second kappa shape index (κ2) is 11.4. The van der Waals surface area contributed by atoms with Gasteiger partial charge in [-0.15, -0.1) is 0 Å². The minimum Gasteiger partial charge on any atom is -1.00 e. The molecule has 0 aliphatic rings. The van der Waals surface area contributed by atoms with Crippen molar-refractivity contribution in [1.29, 1.82) is 0 Å². The zero-order valence-electron chi connectivity index (χ0n) is 16.7. The first-order chi connectivity index (χ1) is 14.0. The van der Waals surface area contributed by atoms with Crippen LogP contribution in [0, 0.1) is 0 Å². The molecule has 0 fully saturated rings. The third-order valence-electron chi connectivity index (χ3n) is 4.80. The molecule has 6 heteroatoms. The van der Waals surface area contributed by atoms with Gasteiger partial charge in [0.1, 0.15) is 29.4 Å². The minimum atomic E-state index is -0.567. The molecule has 0 radical (unpaired) electrons. The average molecular weight is 428 g/mol. The monoisotopic (exact) mass is 427 g/mol. The van der Waals surface area contributed by atoms with Gasteiger partial charge in [-0.1, -0.05) is 30.3 Å². The number of Topliss-reactive ketones (excluding diaryl/α,β-unsaturated/α-hetero) is 1. The highest BCUT2D eigenvalue weighted by atomic mass is 35.5. The third-order valence-corrected chi connectivity index (χ3v) is 4.80. The third kappa shape index (κ3) is 6.59. The number of hydrogen-bond acceptors (Lipinski definition) is 4. The molecule has 0 saturated heterocycles. The van der Waals surface area contributed by atoms with Gasteiger partial charge >= 0.3 is 0 Å². The van der Waals surface area contributed by atoms with Crippen LogP contribution in [0.15, 0.2) is 78.9 Å². The molecular weight excluding hydrogens is 402 g/mol. The Labute approximate surface area is 182 Å². The first-order valence-electron chi connectivity index (χ1n) is 9.69. The van der Waals surface area contributed by atoms with Crippen molar-refractivity contribution in [1.82, 2.24) is 0 Å². The van der Waals surface area contributed by atoms with Crippen LogP contribution in [-0.4, -0.2) is 28.6 Å². The lowest BCUT2D eigenvalue weighted by Crippen LogP contribution is -3.00. The highest BCUT2D eigenvalue weighted by molar-refractivity contribution is 5.96. The normalized spacial score (nSPS) is 12.5. The van der Waals surface area contributed by atoms with Crippen LogP contribution in [0.2, 0.25) is 0 Å². The summed E-state index contributed by atoms with van der Waals surface area (Å²) in [6.45, 7) is 2.56. The topological polar surface area (TPSA) is 83.4 Å². The smallest absolute Gasteiger partial charge is 0.168 e. The van der Waals surface area contributed by atoms with Gasteiger partial charge < -0.3 is 32.7 Å². The molecular formula is C24H26ClNO4. The second-order valence-electron chi connectivity index (χ2n) is 7.03. The van der Waals surface area contributed by atoms with Gasteiger partial charge in [-0.05, 0) is 61.0 Å². The number of aromatic hydroxyl groups is 1. The van der Waals surface area contributed by atoms with Crippen LogP contribution in [0.4, 0.5) is 0 Å². The number of phenols is 1. The predicted molar refractivity (Wildman–Crippen MR) is 111 cm³/mol. The van der Waals surface area contributed by atoms with E-state index < -0.39 is 6.10 Å². The molecule has 158 valence electrons. The lowest BCUT2D eigenvalue weighted by atomic mass is 10.0. The van der Waals surface area contributed by atoms with Gasteiger partial charge in [0, 0.05) is 5.56 Å². The van der Waals surface area contributed by atoms with Crippen molar-refractivity contribution < 1.29 is 37.5 Å². The van der Waals surface area contributed by atoms with Crippen LogP contribution in [0.1, 0.15) is 35.4 Å². The Kier molecular flexibility index (Phi) is 8.87. The van der Waals surface area contributed by atoms with Crippen molar-refractivity contribution in [2.24, 2.45) is 0 Å². The van der Waals surface area contributed by atoms with Gasteiger partial charge in [-0.25, -0.2) is 0 Å². The van der Waals surface area contributed by atoms with E-state index in [-0.39, 0.29) is 30.0 Å². The molecule has 0 aliphatic heterocycles. The molecule has 4 N–H and O–H groups in total. The summed E-state index contributed by atoms with van der Waals surface area (Å²) >= 11 is 0. The standard InChI is InChI=1S/C24H25NO4.ClH/c1-17(24(28)19-5-3-2-4-6-19)25-16-15-23(27)18-7-11-21(12-8-18)29-22-13-9-20(26)10-14-22;/h2-14,17,24-26,28H,15-16H2,1H3;1H. The van der Waals surface area contributed by atoms with E-state index >= 15 is 0 Å². The Morgan fingerprint density at radius 3 is 2.10 bits per heavy atom. The lowest BCUT2D eigenvalue weighted by Gasteiger charge is -2.17. The summed E-state index contributed by atoms with van der Waals surface area (Å²) in [6.07, 6.45) is -0.174. The summed E-state index contributed by atoms with van der Waals surface area (Å²) in [5.41, 5.74) is 1.51. The van der Waals surface area contributed by atoms with Crippen LogP contribution in [0.5, 0.6) is 17.2 Å². The summed E-state index contributed by atoms with van der Waals surface area (Å²) in [5, 5.41) is 21.7. The lowest BCUT2D eigenvalue weighted by molar-refractivity contribution is -0.693. The average Bonchev–Trinajstić information content (AvgIpc) is 2.75. The van der Waals surface area contributed by atoms with Gasteiger partial charge in [0.05, 0.1) is 13.0 Å². The Balaban J connectivity index is 0.00000320. The summed E-state index contributed by atoms with van der Waals surface area (Å²) in [4.78, 5) is 12.4. The maximum atomic E-state index is 12.4. The van der Waals surface area contributed by atoms with Crippen molar-refractivity contribution in [3.63, 3.8) is 0 Å². The fourth-order valence-corrected chi connectivity index (χ4v) is 3.06. The fourth-order valence-electron chi connectivity index (χ4n) is 3.06. The van der Waals surface area contributed by atoms with Gasteiger partial charge in [0.15, 0.2) is 5.78 Å². The van der Waals surface area contributed by atoms with E-state index in [1.54, 1.807) is 48.5 Å². The zero-order chi connectivity index (χ0) is 20.6. The highest BCUT2D eigenvalue weighted by Gasteiger charge is 2.19. The number of aliphatic hydroxyl groups excluding tert-OH is 1. The molecule has 0 heterocycles. The highest BCUT2D eigenvalue weighted by Crippen LogP contribution is 2.23. The Morgan fingerprint density at radius 2 is 1.50 bits per heavy atom. The maximum Gasteiger partial charge on any atom is 0.168 e. The largest absolute Gasteiger partial charge is 1.00 e. The molecule has 0 aromatic heterocycles. The molecule has 0 bridgehead atoms. The number of carbonyl (C=O) groups is 1. The zero-order valence-corrected chi connectivity index (χ0v) is 17.5. The summed E-state index contributed by atoms with van der Waals surface area (Å²) in [7, 11) is 0. The molecule has 0 saturated carbocycles. The van der Waals surface area contributed by atoms with Crippen LogP contribution >= 0.6 is 0 Å². The first-order valence-corrected chi connectivity index (χ1v) is 9.69. The molecule has 3 rings (SSSR count). The molecule has 0 amide bonds. The number of hydrogen-bond donors (Lipinski definition) is 3. The fraction of sp³-hybridized carbons (Fsp3) is 0.208. The van der Waals surface area contributed by atoms with Crippen molar-refractivity contribution in [2.45, 2.75) is 25.5 Å². The van der Waals surface area contributed by atoms with E-state index in [2.05, 4.69) is 0 Å². The minimum absolute atomic E-state index is 0. The molecule has 5 nitrogen and oxygen atoms in total. The van der Waals surface area contributed by atoms with Gasteiger partial charge in [0.25, 0.3) is 0 Å².